The fraction of sp³-hybridized carbons (Fsp3) is 0.500. The molecule has 1 rings (SSSR count). The summed E-state index contributed by atoms with van der Waals surface area (Å²) in [6.45, 7) is 3.76. The smallest absolute Gasteiger partial charge is 0.166 e. The van der Waals surface area contributed by atoms with Crippen molar-refractivity contribution >= 4 is 7.85 Å². The Kier molecular flexibility index (Phi) is 3.71. The Hall–Kier alpha value is -0.925. The Bertz CT molecular complexity index is 354. The highest BCUT2D eigenvalue weighted by Gasteiger charge is 2.32. The molecule has 0 aliphatic rings. The van der Waals surface area contributed by atoms with Gasteiger partial charge in [-0.3, -0.25) is 0 Å². The minimum absolute atomic E-state index is 0.548. The zero-order valence-electron chi connectivity index (χ0n) is 9.43. The molecule has 4 heteroatoms. The Balaban J connectivity index is 3.17. The summed E-state index contributed by atoms with van der Waals surface area (Å²) in [4.78, 5) is 0. The van der Waals surface area contributed by atoms with E-state index in [1.165, 1.54) is 6.07 Å². The molecular weight excluding hydrogens is 212 g/mol. The van der Waals surface area contributed by atoms with Crippen molar-refractivity contribution in [2.24, 2.45) is 0 Å². The van der Waals surface area contributed by atoms with E-state index in [1.807, 2.05) is 13.8 Å². The van der Waals surface area contributed by atoms with Crippen molar-refractivity contribution in [2.45, 2.75) is 38.2 Å². The van der Waals surface area contributed by atoms with E-state index in [0.29, 0.717) is 18.4 Å². The molecular formula is C12H14BF3. The van der Waals surface area contributed by atoms with Gasteiger partial charge in [0.25, 0.3) is 0 Å². The Morgan fingerprint density at radius 1 is 1.06 bits per heavy atom. The van der Waals surface area contributed by atoms with Gasteiger partial charge >= 0.3 is 6.18 Å². The molecule has 0 saturated heterocycles. The van der Waals surface area contributed by atoms with Crippen molar-refractivity contribution in [1.29, 1.82) is 0 Å². The van der Waals surface area contributed by atoms with Gasteiger partial charge in [-0.2, -0.15) is 13.2 Å². The summed E-state index contributed by atoms with van der Waals surface area (Å²) in [5, 5.41) is -0.665. The normalized spacial score (nSPS) is 12.8. The average Bonchev–Trinajstić information content (AvgIpc) is 2.27. The van der Waals surface area contributed by atoms with Gasteiger partial charge in [0.05, 0.1) is 13.4 Å². The molecule has 0 unspecified atom stereocenters. The lowest BCUT2D eigenvalue weighted by atomic mass is 9.60. The number of alkyl halides is 3. The van der Waals surface area contributed by atoms with Gasteiger partial charge in [-0.15, -0.1) is 0 Å². The zero-order chi connectivity index (χ0) is 12.4. The first kappa shape index (κ1) is 13.1. The molecule has 0 saturated carbocycles. The van der Waals surface area contributed by atoms with Crippen molar-refractivity contribution in [2.75, 3.05) is 0 Å². The molecule has 86 valence electrons. The summed E-state index contributed by atoms with van der Waals surface area (Å²) in [6, 6.07) is 5.27. The fourth-order valence-electron chi connectivity index (χ4n) is 1.66. The van der Waals surface area contributed by atoms with E-state index < -0.39 is 17.1 Å². The quantitative estimate of drug-likeness (QED) is 0.686. The number of hydrogen-bond acceptors (Lipinski definition) is 0. The first-order valence-corrected chi connectivity index (χ1v) is 5.30. The summed E-state index contributed by atoms with van der Waals surface area (Å²) < 4.78 is 37.6. The molecule has 0 atom stereocenters. The molecule has 2 radical (unpaired) electrons. The van der Waals surface area contributed by atoms with Crippen LogP contribution >= 0.6 is 0 Å². The highest BCUT2D eigenvalue weighted by atomic mass is 19.4. The maximum absolute atomic E-state index is 12.5. The molecule has 0 amide bonds. The topological polar surface area (TPSA) is 0 Å². The second-order valence-electron chi connectivity index (χ2n) is 3.94. The van der Waals surface area contributed by atoms with Crippen LogP contribution in [0.1, 0.15) is 37.8 Å². The van der Waals surface area contributed by atoms with Crippen molar-refractivity contribution < 1.29 is 13.2 Å². The van der Waals surface area contributed by atoms with Crippen LogP contribution in [0.5, 0.6) is 0 Å². The van der Waals surface area contributed by atoms with Gasteiger partial charge < -0.3 is 0 Å². The Labute approximate surface area is 95.3 Å². The van der Waals surface area contributed by atoms with E-state index in [0.717, 1.165) is 12.1 Å². The van der Waals surface area contributed by atoms with Crippen LogP contribution in [0.2, 0.25) is 0 Å². The molecule has 0 fully saturated rings. The second-order valence-corrected chi connectivity index (χ2v) is 3.94. The van der Waals surface area contributed by atoms with Crippen molar-refractivity contribution in [1.82, 2.24) is 0 Å². The molecule has 1 aromatic carbocycles. The van der Waals surface area contributed by atoms with Gasteiger partial charge in [0.1, 0.15) is 0 Å². The van der Waals surface area contributed by atoms with Crippen LogP contribution in [0.25, 0.3) is 0 Å². The summed E-state index contributed by atoms with van der Waals surface area (Å²) in [6.07, 6.45) is -3.08. The molecule has 16 heavy (non-hydrogen) atoms. The predicted octanol–water partition coefficient (Wildman–Crippen LogP) is 3.89. The third-order valence-electron chi connectivity index (χ3n) is 3.03. The summed E-state index contributed by atoms with van der Waals surface area (Å²) >= 11 is 0. The highest BCUT2D eigenvalue weighted by molar-refractivity contribution is 6.15. The molecule has 0 aliphatic heterocycles. The van der Waals surface area contributed by atoms with Gasteiger partial charge in [0.2, 0.25) is 0 Å². The van der Waals surface area contributed by atoms with Gasteiger partial charge in [0.15, 0.2) is 0 Å². The molecule has 0 aliphatic carbocycles. The highest BCUT2D eigenvalue weighted by Crippen LogP contribution is 2.34. The molecule has 0 heterocycles. The third-order valence-corrected chi connectivity index (χ3v) is 3.03. The van der Waals surface area contributed by atoms with Gasteiger partial charge in [0, 0.05) is 0 Å². The van der Waals surface area contributed by atoms with Gasteiger partial charge in [-0.1, -0.05) is 44.9 Å². The van der Waals surface area contributed by atoms with Crippen LogP contribution in [-0.2, 0) is 11.5 Å². The minimum Gasteiger partial charge on any atom is -0.166 e. The lowest BCUT2D eigenvalue weighted by Gasteiger charge is -2.28. The Morgan fingerprint density at radius 3 is 2.00 bits per heavy atom. The molecule has 0 bridgehead atoms. The molecule has 0 N–H and O–H groups in total. The molecule has 0 nitrogen and oxygen atoms in total. The maximum Gasteiger partial charge on any atom is 0.416 e. The number of hydrogen-bond donors (Lipinski definition) is 0. The van der Waals surface area contributed by atoms with E-state index in [9.17, 15) is 13.2 Å². The third kappa shape index (κ3) is 2.60. The van der Waals surface area contributed by atoms with E-state index in [4.69, 9.17) is 7.85 Å². The predicted molar refractivity (Wildman–Crippen MR) is 59.5 cm³/mol. The number of halogens is 3. The standard InChI is InChI=1S/C12H14BF3/c1-3-11(13,4-2)9-6-5-7-10(8-9)12(14,15)16/h5-8H,3-4H2,1-2H3. The van der Waals surface area contributed by atoms with Crippen molar-refractivity contribution in [3.8, 4) is 0 Å². The lowest BCUT2D eigenvalue weighted by molar-refractivity contribution is -0.137. The van der Waals surface area contributed by atoms with Crippen LogP contribution in [0.4, 0.5) is 13.2 Å². The second kappa shape index (κ2) is 4.52. The van der Waals surface area contributed by atoms with Crippen LogP contribution in [0.15, 0.2) is 24.3 Å². The van der Waals surface area contributed by atoms with E-state index in [-0.39, 0.29) is 0 Å². The van der Waals surface area contributed by atoms with Crippen molar-refractivity contribution in [3.05, 3.63) is 35.4 Å². The monoisotopic (exact) mass is 226 g/mol. The van der Waals surface area contributed by atoms with Crippen LogP contribution in [-0.4, -0.2) is 7.85 Å². The zero-order valence-corrected chi connectivity index (χ0v) is 9.43. The van der Waals surface area contributed by atoms with Gasteiger partial charge in [-0.05, 0) is 16.9 Å². The van der Waals surface area contributed by atoms with E-state index in [2.05, 4.69) is 0 Å². The minimum atomic E-state index is -4.31. The van der Waals surface area contributed by atoms with E-state index in [1.54, 1.807) is 6.07 Å². The maximum atomic E-state index is 12.5. The number of rotatable bonds is 3. The number of benzene rings is 1. The largest absolute Gasteiger partial charge is 0.416 e. The Morgan fingerprint density at radius 2 is 1.56 bits per heavy atom. The summed E-state index contributed by atoms with van der Waals surface area (Å²) in [7, 11) is 6.06. The fourth-order valence-corrected chi connectivity index (χ4v) is 1.66. The van der Waals surface area contributed by atoms with Crippen LogP contribution < -0.4 is 0 Å². The van der Waals surface area contributed by atoms with Crippen LogP contribution in [0, 0.1) is 0 Å². The first-order chi connectivity index (χ1) is 7.33. The summed E-state index contributed by atoms with van der Waals surface area (Å²) in [5.74, 6) is 0. The van der Waals surface area contributed by atoms with Crippen molar-refractivity contribution in [3.63, 3.8) is 0 Å². The molecule has 0 aromatic heterocycles. The van der Waals surface area contributed by atoms with Crippen LogP contribution in [0.3, 0.4) is 0 Å². The lowest BCUT2D eigenvalue weighted by Crippen LogP contribution is -2.25. The van der Waals surface area contributed by atoms with E-state index >= 15 is 0 Å². The average molecular weight is 226 g/mol. The molecule has 1 aromatic rings. The SMILES string of the molecule is [B]C(CC)(CC)c1cccc(C(F)(F)F)c1. The summed E-state index contributed by atoms with van der Waals surface area (Å²) in [5.41, 5.74) is -0.0888. The first-order valence-electron chi connectivity index (χ1n) is 5.30. The van der Waals surface area contributed by atoms with Gasteiger partial charge in [-0.25, -0.2) is 0 Å². The molecule has 0 spiro atoms.